The summed E-state index contributed by atoms with van der Waals surface area (Å²) >= 11 is 0. The molecule has 0 radical (unpaired) electrons. The first-order valence-corrected chi connectivity index (χ1v) is 9.56. The Balaban J connectivity index is 1.75. The van der Waals surface area contributed by atoms with Crippen LogP contribution in [-0.2, 0) is 6.54 Å². The van der Waals surface area contributed by atoms with Crippen LogP contribution in [0.25, 0.3) is 33.2 Å². The van der Waals surface area contributed by atoms with Gasteiger partial charge in [0.15, 0.2) is 5.82 Å². The molecule has 7 nitrogen and oxygen atoms in total. The number of piperidine rings is 1. The van der Waals surface area contributed by atoms with Crippen LogP contribution in [0.15, 0.2) is 30.5 Å². The van der Waals surface area contributed by atoms with Gasteiger partial charge in [-0.1, -0.05) is 6.07 Å². The summed E-state index contributed by atoms with van der Waals surface area (Å²) in [6, 6.07) is 8.24. The van der Waals surface area contributed by atoms with E-state index in [4.69, 9.17) is 10.7 Å². The summed E-state index contributed by atoms with van der Waals surface area (Å²) < 4.78 is 2.32. The van der Waals surface area contributed by atoms with Crippen LogP contribution >= 0.6 is 0 Å². The topological polar surface area (TPSA) is 97.4 Å². The van der Waals surface area contributed by atoms with Gasteiger partial charge in [0.2, 0.25) is 0 Å². The number of aromatic amines is 1. The predicted octanol–water partition coefficient (Wildman–Crippen LogP) is 3.04. The molecule has 1 fully saturated rings. The monoisotopic (exact) mass is 361 g/mol. The number of hydrogen-bond donors (Lipinski definition) is 3. The average molecular weight is 361 g/mol. The van der Waals surface area contributed by atoms with E-state index in [0.29, 0.717) is 11.7 Å². The molecule has 1 saturated heterocycles. The van der Waals surface area contributed by atoms with Gasteiger partial charge >= 0.3 is 0 Å². The predicted molar refractivity (Wildman–Crippen MR) is 108 cm³/mol. The zero-order valence-corrected chi connectivity index (χ0v) is 15.4. The maximum absolute atomic E-state index is 6.33. The maximum Gasteiger partial charge on any atom is 0.152 e. The molecule has 4 N–H and O–H groups in total. The lowest BCUT2D eigenvalue weighted by atomic mass is 9.99. The minimum atomic E-state index is 0.421. The molecule has 0 spiro atoms. The molecule has 5 rings (SSSR count). The molecular formula is C20H23N7. The lowest BCUT2D eigenvalue weighted by Gasteiger charge is -2.23. The van der Waals surface area contributed by atoms with Gasteiger partial charge in [-0.3, -0.25) is 5.10 Å². The largest absolute Gasteiger partial charge is 0.382 e. The highest BCUT2D eigenvalue weighted by Crippen LogP contribution is 2.34. The van der Waals surface area contributed by atoms with E-state index in [-0.39, 0.29) is 0 Å². The molecule has 0 unspecified atom stereocenters. The van der Waals surface area contributed by atoms with Crippen LogP contribution in [0.1, 0.15) is 31.5 Å². The van der Waals surface area contributed by atoms with E-state index in [1.54, 1.807) is 6.20 Å². The van der Waals surface area contributed by atoms with Crippen LogP contribution in [0.4, 0.5) is 5.82 Å². The van der Waals surface area contributed by atoms with Crippen LogP contribution in [0, 0.1) is 0 Å². The third kappa shape index (κ3) is 2.57. The second-order valence-corrected chi connectivity index (χ2v) is 7.15. The van der Waals surface area contributed by atoms with Gasteiger partial charge in [0.05, 0.1) is 16.7 Å². The number of nitrogens with one attached hydrogen (secondary N) is 2. The Labute approximate surface area is 157 Å². The summed E-state index contributed by atoms with van der Waals surface area (Å²) in [7, 11) is 0. The molecule has 0 amide bonds. The van der Waals surface area contributed by atoms with E-state index in [9.17, 15) is 0 Å². The molecule has 1 atom stereocenters. The molecule has 1 aromatic carbocycles. The Hall–Kier alpha value is -2.93. The molecule has 0 bridgehead atoms. The second-order valence-electron chi connectivity index (χ2n) is 7.15. The van der Waals surface area contributed by atoms with Gasteiger partial charge in [0, 0.05) is 36.2 Å². The van der Waals surface area contributed by atoms with Crippen molar-refractivity contribution in [3.8, 4) is 11.3 Å². The Morgan fingerprint density at radius 2 is 2.19 bits per heavy atom. The maximum atomic E-state index is 6.33. The highest BCUT2D eigenvalue weighted by molar-refractivity contribution is 6.07. The SMILES string of the molecule is CCn1c([C@H]2CCCNC2)nc2c(N)nc3cc(-c4ccn[nH]4)ccc3c21. The summed E-state index contributed by atoms with van der Waals surface area (Å²) in [6.07, 6.45) is 4.09. The summed E-state index contributed by atoms with van der Waals surface area (Å²) in [4.78, 5) is 9.61. The van der Waals surface area contributed by atoms with Gasteiger partial charge in [-0.05, 0) is 44.5 Å². The van der Waals surface area contributed by atoms with Crippen molar-refractivity contribution >= 4 is 27.8 Å². The van der Waals surface area contributed by atoms with Gasteiger partial charge < -0.3 is 15.6 Å². The number of pyridine rings is 1. The summed E-state index contributed by atoms with van der Waals surface area (Å²) in [5, 5.41) is 11.6. The van der Waals surface area contributed by atoms with Crippen molar-refractivity contribution in [3.05, 3.63) is 36.3 Å². The first-order chi connectivity index (χ1) is 13.3. The fraction of sp³-hybridized carbons (Fsp3) is 0.350. The number of fused-ring (bicyclic) bond motifs is 3. The van der Waals surface area contributed by atoms with Crippen molar-refractivity contribution < 1.29 is 0 Å². The number of H-pyrrole nitrogens is 1. The normalized spacial score (nSPS) is 17.7. The Morgan fingerprint density at radius 1 is 1.26 bits per heavy atom. The smallest absolute Gasteiger partial charge is 0.152 e. The molecule has 1 aliphatic heterocycles. The van der Waals surface area contributed by atoms with Gasteiger partial charge in [0.25, 0.3) is 0 Å². The van der Waals surface area contributed by atoms with E-state index in [2.05, 4.69) is 50.2 Å². The molecule has 1 aliphatic rings. The number of aryl methyl sites for hydroxylation is 1. The highest BCUT2D eigenvalue weighted by Gasteiger charge is 2.24. The quantitative estimate of drug-likeness (QED) is 0.521. The molecule has 0 saturated carbocycles. The Bertz CT molecular complexity index is 1100. The fourth-order valence-corrected chi connectivity index (χ4v) is 4.22. The molecular weight excluding hydrogens is 338 g/mol. The number of rotatable bonds is 3. The molecule has 0 aliphatic carbocycles. The number of nitrogens with zero attached hydrogens (tertiary/aromatic N) is 4. The van der Waals surface area contributed by atoms with Gasteiger partial charge in [-0.2, -0.15) is 5.10 Å². The fourth-order valence-electron chi connectivity index (χ4n) is 4.22. The summed E-state index contributed by atoms with van der Waals surface area (Å²) in [5.41, 5.74) is 11.1. The average Bonchev–Trinajstić information content (AvgIpc) is 3.36. The highest BCUT2D eigenvalue weighted by atomic mass is 15.1. The minimum absolute atomic E-state index is 0.421. The first kappa shape index (κ1) is 16.3. The Kier molecular flexibility index (Phi) is 3.82. The number of anilines is 1. The van der Waals surface area contributed by atoms with Crippen LogP contribution in [0.5, 0.6) is 0 Å². The van der Waals surface area contributed by atoms with Crippen LogP contribution in [-0.4, -0.2) is 37.8 Å². The van der Waals surface area contributed by atoms with Crippen LogP contribution < -0.4 is 11.1 Å². The summed E-state index contributed by atoms with van der Waals surface area (Å²) in [5.74, 6) is 2.04. The van der Waals surface area contributed by atoms with E-state index < -0.39 is 0 Å². The standard InChI is InChI=1S/C20H23N7/c1-2-27-18-14-6-5-12(15-7-9-23-26-15)10-16(14)24-19(21)17(18)25-20(27)13-4-3-8-22-11-13/h5-7,9-10,13,22H,2-4,8,11H2,1H3,(H2,21,24)(H,23,26)/t13-/m0/s1. The molecule has 7 heteroatoms. The van der Waals surface area contributed by atoms with Crippen molar-refractivity contribution in [2.75, 3.05) is 18.8 Å². The van der Waals surface area contributed by atoms with Crippen molar-refractivity contribution in [2.45, 2.75) is 32.2 Å². The molecule has 3 aromatic heterocycles. The number of benzene rings is 1. The molecule has 4 aromatic rings. The van der Waals surface area contributed by atoms with Gasteiger partial charge in [0.1, 0.15) is 11.3 Å². The zero-order chi connectivity index (χ0) is 18.4. The lowest BCUT2D eigenvalue weighted by Crippen LogP contribution is -2.30. The number of nitrogen functional groups attached to an aromatic ring is 1. The van der Waals surface area contributed by atoms with E-state index in [1.165, 1.54) is 6.42 Å². The van der Waals surface area contributed by atoms with Crippen molar-refractivity contribution in [3.63, 3.8) is 0 Å². The first-order valence-electron chi connectivity index (χ1n) is 9.56. The molecule has 27 heavy (non-hydrogen) atoms. The third-order valence-electron chi connectivity index (χ3n) is 5.52. The third-order valence-corrected chi connectivity index (χ3v) is 5.52. The van der Waals surface area contributed by atoms with Crippen molar-refractivity contribution in [1.29, 1.82) is 0 Å². The van der Waals surface area contributed by atoms with Gasteiger partial charge in [-0.15, -0.1) is 0 Å². The summed E-state index contributed by atoms with van der Waals surface area (Å²) in [6.45, 7) is 5.09. The lowest BCUT2D eigenvalue weighted by molar-refractivity contribution is 0.436. The number of hydrogen-bond acceptors (Lipinski definition) is 5. The van der Waals surface area contributed by atoms with E-state index >= 15 is 0 Å². The van der Waals surface area contributed by atoms with Crippen LogP contribution in [0.3, 0.4) is 0 Å². The second kappa shape index (κ2) is 6.35. The number of aromatic nitrogens is 5. The van der Waals surface area contributed by atoms with E-state index in [0.717, 1.165) is 65.1 Å². The molecule has 4 heterocycles. The zero-order valence-electron chi connectivity index (χ0n) is 15.4. The molecule has 138 valence electrons. The van der Waals surface area contributed by atoms with Crippen molar-refractivity contribution in [2.24, 2.45) is 0 Å². The number of nitrogens with two attached hydrogens (primary N) is 1. The van der Waals surface area contributed by atoms with Crippen molar-refractivity contribution in [1.82, 2.24) is 30.0 Å². The van der Waals surface area contributed by atoms with Gasteiger partial charge in [-0.25, -0.2) is 9.97 Å². The number of imidazole rings is 1. The van der Waals surface area contributed by atoms with E-state index in [1.807, 2.05) is 6.07 Å². The minimum Gasteiger partial charge on any atom is -0.382 e. The van der Waals surface area contributed by atoms with Crippen LogP contribution in [0.2, 0.25) is 0 Å². The Morgan fingerprint density at radius 3 is 2.93 bits per heavy atom.